The Bertz CT molecular complexity index is 711. The Kier molecular flexibility index (Phi) is 4.14. The SMILES string of the molecule is Cc1cc(NC(=O)[C@@H]2CCC(=O)N(C)[C@H]2c2ccccc2)no1. The summed E-state index contributed by atoms with van der Waals surface area (Å²) in [5.41, 5.74) is 0.958. The van der Waals surface area contributed by atoms with E-state index in [2.05, 4.69) is 10.5 Å². The number of carbonyl (C=O) groups excluding carboxylic acids is 2. The number of aromatic nitrogens is 1. The molecule has 1 fully saturated rings. The van der Waals surface area contributed by atoms with Crippen LogP contribution in [-0.2, 0) is 9.59 Å². The Morgan fingerprint density at radius 2 is 2.09 bits per heavy atom. The average Bonchev–Trinajstić information content (AvgIpc) is 2.95. The Balaban J connectivity index is 1.85. The van der Waals surface area contributed by atoms with Gasteiger partial charge in [-0.3, -0.25) is 9.59 Å². The summed E-state index contributed by atoms with van der Waals surface area (Å²) < 4.78 is 4.97. The zero-order chi connectivity index (χ0) is 16.4. The number of carbonyl (C=O) groups is 2. The average molecular weight is 313 g/mol. The summed E-state index contributed by atoms with van der Waals surface area (Å²) in [7, 11) is 1.75. The van der Waals surface area contributed by atoms with E-state index in [0.29, 0.717) is 24.4 Å². The van der Waals surface area contributed by atoms with E-state index in [4.69, 9.17) is 4.52 Å². The highest BCUT2D eigenvalue weighted by atomic mass is 16.5. The molecule has 0 saturated carbocycles. The minimum absolute atomic E-state index is 0.0557. The van der Waals surface area contributed by atoms with Crippen LogP contribution in [0.2, 0.25) is 0 Å². The number of anilines is 1. The summed E-state index contributed by atoms with van der Waals surface area (Å²) in [4.78, 5) is 26.4. The summed E-state index contributed by atoms with van der Waals surface area (Å²) in [5.74, 6) is 0.624. The number of aryl methyl sites for hydroxylation is 1. The maximum Gasteiger partial charge on any atom is 0.231 e. The first-order valence-electron chi connectivity index (χ1n) is 7.61. The van der Waals surface area contributed by atoms with E-state index in [1.54, 1.807) is 24.9 Å². The number of benzene rings is 1. The summed E-state index contributed by atoms with van der Waals surface area (Å²) >= 11 is 0. The van der Waals surface area contributed by atoms with E-state index in [1.807, 2.05) is 30.3 Å². The molecule has 1 aromatic carbocycles. The number of nitrogens with zero attached hydrogens (tertiary/aromatic N) is 2. The molecule has 2 heterocycles. The molecule has 1 aromatic heterocycles. The van der Waals surface area contributed by atoms with Gasteiger partial charge in [0.25, 0.3) is 0 Å². The van der Waals surface area contributed by atoms with Crippen molar-refractivity contribution in [3.05, 3.63) is 47.7 Å². The molecular formula is C17H19N3O3. The van der Waals surface area contributed by atoms with Crippen LogP contribution in [0.4, 0.5) is 5.82 Å². The maximum absolute atomic E-state index is 12.7. The lowest BCUT2D eigenvalue weighted by molar-refractivity contribution is -0.140. The number of rotatable bonds is 3. The van der Waals surface area contributed by atoms with Crippen LogP contribution in [0.15, 0.2) is 40.9 Å². The second-order valence-corrected chi connectivity index (χ2v) is 5.82. The third kappa shape index (κ3) is 3.11. The fourth-order valence-corrected chi connectivity index (χ4v) is 3.06. The lowest BCUT2D eigenvalue weighted by atomic mass is 9.84. The van der Waals surface area contributed by atoms with Crippen molar-refractivity contribution in [1.82, 2.24) is 10.1 Å². The topological polar surface area (TPSA) is 75.4 Å². The lowest BCUT2D eigenvalue weighted by Gasteiger charge is -2.38. The van der Waals surface area contributed by atoms with Crippen molar-refractivity contribution in [3.63, 3.8) is 0 Å². The molecular weight excluding hydrogens is 294 g/mol. The predicted molar refractivity (Wildman–Crippen MR) is 84.5 cm³/mol. The van der Waals surface area contributed by atoms with Crippen LogP contribution in [0, 0.1) is 12.8 Å². The van der Waals surface area contributed by atoms with Gasteiger partial charge in [-0.25, -0.2) is 0 Å². The van der Waals surface area contributed by atoms with Crippen molar-refractivity contribution in [2.75, 3.05) is 12.4 Å². The Labute approximate surface area is 134 Å². The minimum Gasteiger partial charge on any atom is -0.360 e. The molecule has 6 heteroatoms. The number of likely N-dealkylation sites (tertiary alicyclic amines) is 1. The molecule has 0 aliphatic carbocycles. The summed E-state index contributed by atoms with van der Waals surface area (Å²) in [6, 6.07) is 11.0. The van der Waals surface area contributed by atoms with Crippen molar-refractivity contribution >= 4 is 17.6 Å². The third-order valence-electron chi connectivity index (χ3n) is 4.22. The van der Waals surface area contributed by atoms with E-state index in [9.17, 15) is 9.59 Å². The van der Waals surface area contributed by atoms with Crippen LogP contribution in [-0.4, -0.2) is 28.9 Å². The molecule has 2 aromatic rings. The van der Waals surface area contributed by atoms with E-state index in [1.165, 1.54) is 0 Å². The molecule has 1 aliphatic rings. The van der Waals surface area contributed by atoms with Crippen molar-refractivity contribution in [2.45, 2.75) is 25.8 Å². The molecule has 2 amide bonds. The number of hydrogen-bond donors (Lipinski definition) is 1. The van der Waals surface area contributed by atoms with Gasteiger partial charge in [-0.15, -0.1) is 0 Å². The van der Waals surface area contributed by atoms with Crippen LogP contribution in [0.5, 0.6) is 0 Å². The smallest absolute Gasteiger partial charge is 0.231 e. The zero-order valence-corrected chi connectivity index (χ0v) is 13.2. The van der Waals surface area contributed by atoms with Gasteiger partial charge in [0.15, 0.2) is 5.82 Å². The molecule has 1 N–H and O–H groups in total. The van der Waals surface area contributed by atoms with Crippen LogP contribution in [0.3, 0.4) is 0 Å². The van der Waals surface area contributed by atoms with E-state index >= 15 is 0 Å². The van der Waals surface area contributed by atoms with Gasteiger partial charge in [0.05, 0.1) is 12.0 Å². The molecule has 1 saturated heterocycles. The number of amides is 2. The van der Waals surface area contributed by atoms with Gasteiger partial charge in [0, 0.05) is 19.5 Å². The molecule has 1 aliphatic heterocycles. The molecule has 6 nitrogen and oxygen atoms in total. The highest BCUT2D eigenvalue weighted by Gasteiger charge is 2.38. The van der Waals surface area contributed by atoms with Crippen molar-refractivity contribution in [1.29, 1.82) is 0 Å². The van der Waals surface area contributed by atoms with Gasteiger partial charge in [-0.2, -0.15) is 0 Å². The largest absolute Gasteiger partial charge is 0.360 e. The first kappa shape index (κ1) is 15.3. The van der Waals surface area contributed by atoms with Crippen LogP contribution in [0.25, 0.3) is 0 Å². The molecule has 0 radical (unpaired) electrons. The first-order valence-corrected chi connectivity index (χ1v) is 7.61. The Morgan fingerprint density at radius 3 is 2.74 bits per heavy atom. The lowest BCUT2D eigenvalue weighted by Crippen LogP contribution is -2.44. The standard InChI is InChI=1S/C17H19N3O3/c1-11-10-14(19-23-11)18-17(22)13-8-9-15(21)20(2)16(13)12-6-4-3-5-7-12/h3-7,10,13,16H,8-9H2,1-2H3,(H,18,19,22)/t13-,16+/m1/s1. The second kappa shape index (κ2) is 6.24. The summed E-state index contributed by atoms with van der Waals surface area (Å²) in [5, 5.41) is 6.58. The van der Waals surface area contributed by atoms with Crippen LogP contribution < -0.4 is 5.32 Å². The summed E-state index contributed by atoms with van der Waals surface area (Å²) in [6.45, 7) is 1.77. The Morgan fingerprint density at radius 1 is 1.35 bits per heavy atom. The monoisotopic (exact) mass is 313 g/mol. The quantitative estimate of drug-likeness (QED) is 0.945. The number of piperidine rings is 1. The minimum atomic E-state index is -0.322. The molecule has 0 unspecified atom stereocenters. The predicted octanol–water partition coefficient (Wildman–Crippen LogP) is 2.53. The van der Waals surface area contributed by atoms with E-state index in [-0.39, 0.29) is 23.8 Å². The molecule has 23 heavy (non-hydrogen) atoms. The fraction of sp³-hybridized carbons (Fsp3) is 0.353. The summed E-state index contributed by atoms with van der Waals surface area (Å²) in [6.07, 6.45) is 0.890. The van der Waals surface area contributed by atoms with Gasteiger partial charge in [-0.05, 0) is 18.9 Å². The van der Waals surface area contributed by atoms with E-state index in [0.717, 1.165) is 5.56 Å². The van der Waals surface area contributed by atoms with Crippen molar-refractivity contribution in [2.24, 2.45) is 5.92 Å². The van der Waals surface area contributed by atoms with Gasteiger partial charge < -0.3 is 14.7 Å². The zero-order valence-electron chi connectivity index (χ0n) is 13.2. The highest BCUT2D eigenvalue weighted by molar-refractivity contribution is 5.94. The molecule has 2 atom stereocenters. The van der Waals surface area contributed by atoms with Gasteiger partial charge >= 0.3 is 0 Å². The number of nitrogens with one attached hydrogen (secondary N) is 1. The Hall–Kier alpha value is -2.63. The normalized spacial score (nSPS) is 21.3. The molecule has 0 spiro atoms. The van der Waals surface area contributed by atoms with E-state index < -0.39 is 0 Å². The molecule has 120 valence electrons. The van der Waals surface area contributed by atoms with Gasteiger partial charge in [0.2, 0.25) is 11.8 Å². The second-order valence-electron chi connectivity index (χ2n) is 5.82. The molecule has 0 bridgehead atoms. The van der Waals surface area contributed by atoms with Gasteiger partial charge in [0.1, 0.15) is 5.76 Å². The van der Waals surface area contributed by atoms with Gasteiger partial charge in [-0.1, -0.05) is 35.5 Å². The maximum atomic E-state index is 12.7. The van der Waals surface area contributed by atoms with Crippen molar-refractivity contribution in [3.8, 4) is 0 Å². The first-order chi connectivity index (χ1) is 11.1. The van der Waals surface area contributed by atoms with Crippen molar-refractivity contribution < 1.29 is 14.1 Å². The molecule has 3 rings (SSSR count). The fourth-order valence-electron chi connectivity index (χ4n) is 3.06. The van der Waals surface area contributed by atoms with Crippen LogP contribution in [0.1, 0.15) is 30.2 Å². The van der Waals surface area contributed by atoms with Crippen LogP contribution >= 0.6 is 0 Å². The highest BCUT2D eigenvalue weighted by Crippen LogP contribution is 2.36. The number of hydrogen-bond acceptors (Lipinski definition) is 4. The third-order valence-corrected chi connectivity index (χ3v) is 4.22.